The average Bonchev–Trinajstić information content (AvgIpc) is 2.16. The second kappa shape index (κ2) is 4.83. The van der Waals surface area contributed by atoms with Crippen LogP contribution in [0.25, 0.3) is 0 Å². The van der Waals surface area contributed by atoms with E-state index >= 15 is 0 Å². The molecule has 15 heavy (non-hydrogen) atoms. The predicted octanol–water partition coefficient (Wildman–Crippen LogP) is 4.30. The summed E-state index contributed by atoms with van der Waals surface area (Å²) in [6, 6.07) is 10.9. The second-order valence-electron chi connectivity index (χ2n) is 5.37. The van der Waals surface area contributed by atoms with E-state index in [0.717, 1.165) is 17.8 Å². The van der Waals surface area contributed by atoms with Gasteiger partial charge in [0.15, 0.2) is 0 Å². The van der Waals surface area contributed by atoms with Crippen LogP contribution in [0, 0.1) is 17.8 Å². The lowest BCUT2D eigenvalue weighted by Gasteiger charge is -2.38. The molecule has 0 spiro atoms. The van der Waals surface area contributed by atoms with E-state index in [4.69, 9.17) is 0 Å². The van der Waals surface area contributed by atoms with Crippen LogP contribution >= 0.6 is 0 Å². The Labute approximate surface area is 93.7 Å². The van der Waals surface area contributed by atoms with E-state index in [1.807, 2.05) is 0 Å². The molecule has 82 valence electrons. The fraction of sp³-hybridized carbons (Fsp3) is 0.600. The Bertz CT molecular complexity index is 280. The van der Waals surface area contributed by atoms with Crippen LogP contribution in [-0.4, -0.2) is 0 Å². The molecule has 0 aromatic heterocycles. The minimum Gasteiger partial charge on any atom is -0.0625 e. The molecule has 0 bridgehead atoms. The summed E-state index contributed by atoms with van der Waals surface area (Å²) in [4.78, 5) is 0. The van der Waals surface area contributed by atoms with Gasteiger partial charge in [0.1, 0.15) is 0 Å². The van der Waals surface area contributed by atoms with Gasteiger partial charge in [-0.05, 0) is 49.0 Å². The summed E-state index contributed by atoms with van der Waals surface area (Å²) in [6.45, 7) is 4.72. The minimum atomic E-state index is 0.901. The van der Waals surface area contributed by atoms with Crippen LogP contribution in [-0.2, 0) is 6.42 Å². The quantitative estimate of drug-likeness (QED) is 0.683. The maximum absolute atomic E-state index is 2.36. The minimum absolute atomic E-state index is 0.901. The van der Waals surface area contributed by atoms with E-state index in [0.29, 0.717) is 0 Å². The number of aryl methyl sites for hydroxylation is 1. The van der Waals surface area contributed by atoms with Crippen molar-refractivity contribution in [3.63, 3.8) is 0 Å². The number of hydrogen-bond donors (Lipinski definition) is 0. The van der Waals surface area contributed by atoms with Gasteiger partial charge in [-0.1, -0.05) is 44.2 Å². The molecule has 0 unspecified atom stereocenters. The number of rotatable bonds is 4. The van der Waals surface area contributed by atoms with Crippen LogP contribution in [0.2, 0.25) is 0 Å². The maximum Gasteiger partial charge on any atom is -0.0276 e. The summed E-state index contributed by atoms with van der Waals surface area (Å²) >= 11 is 0. The highest BCUT2D eigenvalue weighted by Gasteiger charge is 2.30. The molecule has 1 aliphatic carbocycles. The molecule has 0 N–H and O–H groups in total. The lowest BCUT2D eigenvalue weighted by Crippen LogP contribution is -2.27. The Morgan fingerprint density at radius 3 is 2.40 bits per heavy atom. The van der Waals surface area contributed by atoms with Crippen molar-refractivity contribution in [2.45, 2.75) is 39.5 Å². The van der Waals surface area contributed by atoms with Crippen LogP contribution in [0.15, 0.2) is 30.3 Å². The third kappa shape index (κ3) is 2.84. The molecule has 0 heteroatoms. The molecule has 1 aliphatic rings. The van der Waals surface area contributed by atoms with Crippen molar-refractivity contribution in [3.8, 4) is 0 Å². The van der Waals surface area contributed by atoms with Crippen molar-refractivity contribution in [2.24, 2.45) is 17.8 Å². The summed E-state index contributed by atoms with van der Waals surface area (Å²) in [5.74, 6) is 2.93. The van der Waals surface area contributed by atoms with Gasteiger partial charge >= 0.3 is 0 Å². The largest absolute Gasteiger partial charge is 0.0625 e. The molecule has 1 aromatic rings. The van der Waals surface area contributed by atoms with Gasteiger partial charge in [0.2, 0.25) is 0 Å². The summed E-state index contributed by atoms with van der Waals surface area (Å²) in [7, 11) is 0. The Balaban J connectivity index is 1.69. The van der Waals surface area contributed by atoms with E-state index in [1.54, 1.807) is 0 Å². The van der Waals surface area contributed by atoms with Gasteiger partial charge < -0.3 is 0 Å². The molecule has 1 saturated carbocycles. The molecule has 0 nitrogen and oxygen atoms in total. The van der Waals surface area contributed by atoms with Crippen molar-refractivity contribution in [1.29, 1.82) is 0 Å². The van der Waals surface area contributed by atoms with Crippen LogP contribution < -0.4 is 0 Å². The molecular weight excluding hydrogens is 180 g/mol. The van der Waals surface area contributed by atoms with Crippen molar-refractivity contribution in [1.82, 2.24) is 0 Å². The van der Waals surface area contributed by atoms with Gasteiger partial charge in [0.05, 0.1) is 0 Å². The smallest absolute Gasteiger partial charge is 0.0276 e. The fourth-order valence-electron chi connectivity index (χ4n) is 2.58. The maximum atomic E-state index is 2.36. The second-order valence-corrected chi connectivity index (χ2v) is 5.37. The highest BCUT2D eigenvalue weighted by Crippen LogP contribution is 2.40. The summed E-state index contributed by atoms with van der Waals surface area (Å²) in [5, 5.41) is 0. The average molecular weight is 202 g/mol. The number of benzene rings is 1. The first-order valence-corrected chi connectivity index (χ1v) is 6.29. The zero-order valence-corrected chi connectivity index (χ0v) is 9.95. The van der Waals surface area contributed by atoms with Crippen molar-refractivity contribution >= 4 is 0 Å². The molecular formula is C15H22. The van der Waals surface area contributed by atoms with E-state index < -0.39 is 0 Å². The first-order valence-electron chi connectivity index (χ1n) is 6.29. The van der Waals surface area contributed by atoms with Crippen molar-refractivity contribution in [2.75, 3.05) is 0 Å². The van der Waals surface area contributed by atoms with Crippen LogP contribution in [0.3, 0.4) is 0 Å². The van der Waals surface area contributed by atoms with Gasteiger partial charge in [-0.3, -0.25) is 0 Å². The monoisotopic (exact) mass is 202 g/mol. The number of hydrogen-bond acceptors (Lipinski definition) is 0. The van der Waals surface area contributed by atoms with E-state index in [9.17, 15) is 0 Å². The van der Waals surface area contributed by atoms with Gasteiger partial charge in [-0.2, -0.15) is 0 Å². The third-order valence-corrected chi connectivity index (χ3v) is 3.90. The Morgan fingerprint density at radius 1 is 1.13 bits per heavy atom. The summed E-state index contributed by atoms with van der Waals surface area (Å²) in [5.41, 5.74) is 1.51. The van der Waals surface area contributed by atoms with Crippen molar-refractivity contribution in [3.05, 3.63) is 35.9 Å². The third-order valence-electron chi connectivity index (χ3n) is 3.90. The Hall–Kier alpha value is -0.780. The van der Waals surface area contributed by atoms with E-state index in [2.05, 4.69) is 44.2 Å². The molecule has 0 aliphatic heterocycles. The zero-order chi connectivity index (χ0) is 10.7. The van der Waals surface area contributed by atoms with Gasteiger partial charge in [-0.25, -0.2) is 0 Å². The molecule has 0 amide bonds. The Kier molecular flexibility index (Phi) is 3.45. The standard InChI is InChI=1S/C15H22/c1-12(2)15-10-14(11-15)9-8-13-6-4-3-5-7-13/h3-7,12,14-15H,8-11H2,1-2H3. The molecule has 2 rings (SSSR count). The van der Waals surface area contributed by atoms with Crippen LogP contribution in [0.4, 0.5) is 0 Å². The summed E-state index contributed by atoms with van der Waals surface area (Å²) < 4.78 is 0. The lowest BCUT2D eigenvalue weighted by atomic mass is 9.68. The molecule has 0 atom stereocenters. The van der Waals surface area contributed by atoms with Crippen molar-refractivity contribution < 1.29 is 0 Å². The molecule has 0 heterocycles. The Morgan fingerprint density at radius 2 is 1.80 bits per heavy atom. The summed E-state index contributed by atoms with van der Waals surface area (Å²) in [6.07, 6.45) is 5.62. The van der Waals surface area contributed by atoms with Crippen LogP contribution in [0.5, 0.6) is 0 Å². The molecule has 0 saturated heterocycles. The predicted molar refractivity (Wildman–Crippen MR) is 65.8 cm³/mol. The normalized spacial score (nSPS) is 25.3. The highest BCUT2D eigenvalue weighted by atomic mass is 14.4. The first kappa shape index (κ1) is 10.7. The van der Waals surface area contributed by atoms with Gasteiger partial charge in [0.25, 0.3) is 0 Å². The first-order chi connectivity index (χ1) is 7.25. The zero-order valence-electron chi connectivity index (χ0n) is 9.95. The SMILES string of the molecule is CC(C)C1CC(CCc2ccccc2)C1. The van der Waals surface area contributed by atoms with Gasteiger partial charge in [0, 0.05) is 0 Å². The molecule has 0 radical (unpaired) electrons. The molecule has 1 aromatic carbocycles. The fourth-order valence-corrected chi connectivity index (χ4v) is 2.58. The van der Waals surface area contributed by atoms with Gasteiger partial charge in [-0.15, -0.1) is 0 Å². The van der Waals surface area contributed by atoms with E-state index in [1.165, 1.54) is 31.2 Å². The van der Waals surface area contributed by atoms with E-state index in [-0.39, 0.29) is 0 Å². The topological polar surface area (TPSA) is 0 Å². The highest BCUT2D eigenvalue weighted by molar-refractivity contribution is 5.14. The molecule has 1 fully saturated rings. The van der Waals surface area contributed by atoms with Crippen LogP contribution in [0.1, 0.15) is 38.7 Å². The lowest BCUT2D eigenvalue weighted by molar-refractivity contribution is 0.134.